The van der Waals surface area contributed by atoms with Gasteiger partial charge in [-0.3, -0.25) is 4.79 Å². The van der Waals surface area contributed by atoms with Gasteiger partial charge in [0.15, 0.2) is 5.82 Å². The lowest BCUT2D eigenvalue weighted by molar-refractivity contribution is 0.0704. The van der Waals surface area contributed by atoms with E-state index in [0.29, 0.717) is 12.4 Å². The average molecular weight is 305 g/mol. The largest absolute Gasteiger partial charge is 0.339 e. The minimum absolute atomic E-state index is 0.105. The predicted molar refractivity (Wildman–Crippen MR) is 80.6 cm³/mol. The Morgan fingerprint density at radius 3 is 3.05 bits per heavy atom. The van der Waals surface area contributed by atoms with Crippen molar-refractivity contribution < 1.29 is 9.32 Å². The summed E-state index contributed by atoms with van der Waals surface area (Å²) >= 11 is 1.55. The van der Waals surface area contributed by atoms with Crippen LogP contribution in [0.5, 0.6) is 0 Å². The van der Waals surface area contributed by atoms with Gasteiger partial charge < -0.3 is 9.42 Å². The van der Waals surface area contributed by atoms with Crippen molar-refractivity contribution >= 4 is 17.2 Å². The van der Waals surface area contributed by atoms with Crippen LogP contribution in [0.3, 0.4) is 0 Å². The maximum Gasteiger partial charge on any atom is 0.254 e. The van der Waals surface area contributed by atoms with Crippen LogP contribution in [0.4, 0.5) is 0 Å². The summed E-state index contributed by atoms with van der Waals surface area (Å²) in [5.41, 5.74) is 0.775. The summed E-state index contributed by atoms with van der Waals surface area (Å²) in [6.45, 7) is 5.54. The maximum absolute atomic E-state index is 12.4. The fraction of sp³-hybridized carbons (Fsp3) is 0.533. The zero-order valence-electron chi connectivity index (χ0n) is 12.3. The zero-order valence-corrected chi connectivity index (χ0v) is 13.1. The summed E-state index contributed by atoms with van der Waals surface area (Å²) in [7, 11) is 0. The number of carbonyl (C=O) groups is 1. The van der Waals surface area contributed by atoms with Crippen molar-refractivity contribution in [3.63, 3.8) is 0 Å². The molecule has 0 spiro atoms. The van der Waals surface area contributed by atoms with Gasteiger partial charge in [-0.25, -0.2) is 0 Å². The van der Waals surface area contributed by atoms with Crippen LogP contribution in [0.25, 0.3) is 0 Å². The highest BCUT2D eigenvalue weighted by molar-refractivity contribution is 7.08. The number of likely N-dealkylation sites (tertiary alicyclic amines) is 1. The lowest BCUT2D eigenvalue weighted by Crippen LogP contribution is -2.39. The zero-order chi connectivity index (χ0) is 14.8. The predicted octanol–water partition coefficient (Wildman–Crippen LogP) is 3.27. The van der Waals surface area contributed by atoms with Crippen molar-refractivity contribution in [1.29, 1.82) is 0 Å². The van der Waals surface area contributed by atoms with Gasteiger partial charge in [-0.2, -0.15) is 16.3 Å². The van der Waals surface area contributed by atoms with Gasteiger partial charge in [-0.15, -0.1) is 0 Å². The number of piperidine rings is 1. The van der Waals surface area contributed by atoms with E-state index in [2.05, 4.69) is 10.1 Å². The van der Waals surface area contributed by atoms with Crippen molar-refractivity contribution in [2.45, 2.75) is 38.5 Å². The Bertz CT molecular complexity index is 606. The molecule has 0 N–H and O–H groups in total. The third-order valence-electron chi connectivity index (χ3n) is 3.79. The van der Waals surface area contributed by atoms with E-state index in [1.54, 1.807) is 11.3 Å². The number of rotatable bonds is 3. The van der Waals surface area contributed by atoms with Crippen LogP contribution < -0.4 is 0 Å². The van der Waals surface area contributed by atoms with E-state index in [9.17, 15) is 4.79 Å². The van der Waals surface area contributed by atoms with Crippen molar-refractivity contribution in [3.05, 3.63) is 34.1 Å². The number of thiophene rings is 1. The van der Waals surface area contributed by atoms with Crippen LogP contribution in [-0.4, -0.2) is 34.0 Å². The summed E-state index contributed by atoms with van der Waals surface area (Å²) in [4.78, 5) is 18.8. The van der Waals surface area contributed by atoms with Gasteiger partial charge in [0, 0.05) is 30.3 Å². The Hall–Kier alpha value is -1.69. The third kappa shape index (κ3) is 3.00. The van der Waals surface area contributed by atoms with Crippen molar-refractivity contribution in [1.82, 2.24) is 15.0 Å². The molecule has 0 unspecified atom stereocenters. The molecule has 0 aromatic carbocycles. The molecule has 1 amide bonds. The van der Waals surface area contributed by atoms with Crippen LogP contribution >= 0.6 is 11.3 Å². The fourth-order valence-corrected chi connectivity index (χ4v) is 3.22. The molecule has 2 aromatic rings. The lowest BCUT2D eigenvalue weighted by Gasteiger charge is -2.31. The Morgan fingerprint density at radius 1 is 1.52 bits per heavy atom. The molecule has 1 fully saturated rings. The molecule has 112 valence electrons. The molecule has 2 aromatic heterocycles. The minimum Gasteiger partial charge on any atom is -0.339 e. The molecule has 3 rings (SSSR count). The van der Waals surface area contributed by atoms with E-state index >= 15 is 0 Å². The van der Waals surface area contributed by atoms with Crippen LogP contribution in [-0.2, 0) is 0 Å². The first-order valence-corrected chi connectivity index (χ1v) is 8.24. The molecule has 0 saturated carbocycles. The maximum atomic E-state index is 12.4. The topological polar surface area (TPSA) is 59.2 Å². The van der Waals surface area contributed by atoms with Gasteiger partial charge >= 0.3 is 0 Å². The Labute approximate surface area is 128 Å². The number of amides is 1. The van der Waals surface area contributed by atoms with Gasteiger partial charge in [0.1, 0.15) is 0 Å². The quantitative estimate of drug-likeness (QED) is 0.873. The molecule has 3 heterocycles. The van der Waals surface area contributed by atoms with Crippen LogP contribution in [0.1, 0.15) is 60.6 Å². The Kier molecular flexibility index (Phi) is 4.05. The third-order valence-corrected chi connectivity index (χ3v) is 4.48. The second-order valence-electron chi connectivity index (χ2n) is 5.75. The Balaban J connectivity index is 1.72. The summed E-state index contributed by atoms with van der Waals surface area (Å²) in [5, 5.41) is 7.93. The molecular weight excluding hydrogens is 286 g/mol. The number of nitrogens with zero attached hydrogens (tertiary/aromatic N) is 3. The summed E-state index contributed by atoms with van der Waals surface area (Å²) in [5.74, 6) is 1.93. The SMILES string of the molecule is CC(C)c1nc([C@H]2CCCN(C(=O)c3ccsc3)C2)no1. The summed E-state index contributed by atoms with van der Waals surface area (Å²) in [6, 6.07) is 1.88. The highest BCUT2D eigenvalue weighted by Gasteiger charge is 2.28. The number of hydrogen-bond acceptors (Lipinski definition) is 5. The Morgan fingerprint density at radius 2 is 2.38 bits per heavy atom. The summed E-state index contributed by atoms with van der Waals surface area (Å²) < 4.78 is 5.28. The summed E-state index contributed by atoms with van der Waals surface area (Å²) in [6.07, 6.45) is 1.98. The highest BCUT2D eigenvalue weighted by Crippen LogP contribution is 2.27. The first-order valence-electron chi connectivity index (χ1n) is 7.30. The molecule has 1 aliphatic rings. The second kappa shape index (κ2) is 5.97. The number of aromatic nitrogens is 2. The normalized spacial score (nSPS) is 19.2. The van der Waals surface area contributed by atoms with Gasteiger partial charge in [0.05, 0.1) is 5.56 Å². The molecule has 1 aliphatic heterocycles. The van der Waals surface area contributed by atoms with E-state index in [-0.39, 0.29) is 17.7 Å². The first-order chi connectivity index (χ1) is 10.1. The van der Waals surface area contributed by atoms with E-state index in [1.165, 1.54) is 0 Å². The van der Waals surface area contributed by atoms with Crippen molar-refractivity contribution in [2.75, 3.05) is 13.1 Å². The lowest BCUT2D eigenvalue weighted by atomic mass is 9.97. The van der Waals surface area contributed by atoms with Crippen LogP contribution in [0.2, 0.25) is 0 Å². The van der Waals surface area contributed by atoms with Crippen molar-refractivity contribution in [2.24, 2.45) is 0 Å². The standard InChI is InChI=1S/C15H19N3O2S/c1-10(2)14-16-13(17-20-14)11-4-3-6-18(8-11)15(19)12-5-7-21-9-12/h5,7,9-11H,3-4,6,8H2,1-2H3/t11-/m0/s1. The van der Waals surface area contributed by atoms with Gasteiger partial charge in [-0.05, 0) is 24.3 Å². The fourth-order valence-electron chi connectivity index (χ4n) is 2.59. The van der Waals surface area contributed by atoms with Crippen LogP contribution in [0, 0.1) is 0 Å². The second-order valence-corrected chi connectivity index (χ2v) is 6.53. The number of hydrogen-bond donors (Lipinski definition) is 0. The highest BCUT2D eigenvalue weighted by atomic mass is 32.1. The smallest absolute Gasteiger partial charge is 0.254 e. The van der Waals surface area contributed by atoms with E-state index < -0.39 is 0 Å². The molecule has 5 nitrogen and oxygen atoms in total. The van der Waals surface area contributed by atoms with Crippen molar-refractivity contribution in [3.8, 4) is 0 Å². The van der Waals surface area contributed by atoms with E-state index in [4.69, 9.17) is 4.52 Å². The molecule has 0 bridgehead atoms. The molecule has 0 radical (unpaired) electrons. The molecule has 1 saturated heterocycles. The minimum atomic E-state index is 0.105. The number of carbonyl (C=O) groups excluding carboxylic acids is 1. The van der Waals surface area contributed by atoms with E-state index in [0.717, 1.165) is 30.8 Å². The molecule has 6 heteroatoms. The van der Waals surface area contributed by atoms with Gasteiger partial charge in [0.25, 0.3) is 5.91 Å². The van der Waals surface area contributed by atoms with Crippen LogP contribution in [0.15, 0.2) is 21.3 Å². The molecule has 21 heavy (non-hydrogen) atoms. The average Bonchev–Trinajstić information content (AvgIpc) is 3.18. The molecular formula is C15H19N3O2S. The molecule has 1 atom stereocenters. The van der Waals surface area contributed by atoms with E-state index in [1.807, 2.05) is 35.6 Å². The van der Waals surface area contributed by atoms with Gasteiger partial charge in [0.2, 0.25) is 5.89 Å². The van der Waals surface area contributed by atoms with Gasteiger partial charge in [-0.1, -0.05) is 19.0 Å². The molecule has 0 aliphatic carbocycles. The first kappa shape index (κ1) is 14.3. The monoisotopic (exact) mass is 305 g/mol.